The highest BCUT2D eigenvalue weighted by atomic mass is 16.6. The zero-order valence-electron chi connectivity index (χ0n) is 14.0. The molecule has 6 nitrogen and oxygen atoms in total. The maximum atomic E-state index is 11.7. The van der Waals surface area contributed by atoms with Gasteiger partial charge in [0.05, 0.1) is 5.60 Å². The van der Waals surface area contributed by atoms with Crippen molar-refractivity contribution in [1.82, 2.24) is 0 Å². The van der Waals surface area contributed by atoms with Crippen LogP contribution in [0.3, 0.4) is 0 Å². The lowest BCUT2D eigenvalue weighted by molar-refractivity contribution is -0.140. The fourth-order valence-corrected chi connectivity index (χ4v) is 2.95. The van der Waals surface area contributed by atoms with E-state index in [2.05, 4.69) is 0 Å². The van der Waals surface area contributed by atoms with E-state index in [4.69, 9.17) is 9.47 Å². The molecule has 0 unspecified atom stereocenters. The summed E-state index contributed by atoms with van der Waals surface area (Å²) in [7, 11) is 0. The van der Waals surface area contributed by atoms with E-state index in [0.717, 1.165) is 0 Å². The number of carbonyl (C=O) groups excluding carboxylic acids is 1. The van der Waals surface area contributed by atoms with Crippen molar-refractivity contribution in [2.75, 3.05) is 0 Å². The molecule has 0 radical (unpaired) electrons. The predicted molar refractivity (Wildman–Crippen MR) is 83.3 cm³/mol. The zero-order valence-corrected chi connectivity index (χ0v) is 14.0. The molecule has 3 N–H and O–H groups in total. The average molecular weight is 326 g/mol. The molecule has 0 fully saturated rings. The summed E-state index contributed by atoms with van der Waals surface area (Å²) in [6, 6.07) is 0. The molecule has 6 heteroatoms. The SMILES string of the molecule is CC[C@@](C)(O)C[C@@H](C)/C=C\[C@@H]1OC2=C(C(=O)O[C@H]2C)[C@H](O)[C@H]1O. The molecule has 2 rings (SSSR count). The highest BCUT2D eigenvalue weighted by molar-refractivity contribution is 5.93. The van der Waals surface area contributed by atoms with Gasteiger partial charge in [-0.3, -0.25) is 0 Å². The summed E-state index contributed by atoms with van der Waals surface area (Å²) in [6.45, 7) is 7.33. The van der Waals surface area contributed by atoms with Crippen LogP contribution in [0.2, 0.25) is 0 Å². The standard InChI is InChI=1S/C17H26O6/c1-5-17(4,21)8-9(2)6-7-11-13(18)14(19)12-15(23-11)10(3)22-16(12)20/h6-7,9-11,13-14,18-19,21H,5,8H2,1-4H3/b7-6-/t9-,10-,11-,13-,14-,17+/m0/s1. The van der Waals surface area contributed by atoms with Crippen LogP contribution < -0.4 is 0 Å². The number of carbonyl (C=O) groups is 1. The van der Waals surface area contributed by atoms with Crippen LogP contribution in [-0.2, 0) is 14.3 Å². The molecule has 130 valence electrons. The fourth-order valence-electron chi connectivity index (χ4n) is 2.95. The fraction of sp³-hybridized carbons (Fsp3) is 0.706. The number of aliphatic hydroxyl groups is 3. The molecule has 0 spiro atoms. The molecule has 2 aliphatic rings. The van der Waals surface area contributed by atoms with Crippen LogP contribution in [0.15, 0.2) is 23.5 Å². The summed E-state index contributed by atoms with van der Waals surface area (Å²) in [5.41, 5.74) is -0.734. The molecule has 0 saturated heterocycles. The van der Waals surface area contributed by atoms with E-state index in [-0.39, 0.29) is 17.3 Å². The number of allylic oxidation sites excluding steroid dienone is 1. The van der Waals surface area contributed by atoms with E-state index >= 15 is 0 Å². The molecule has 0 saturated carbocycles. The Balaban J connectivity index is 2.08. The molecule has 0 amide bonds. The topological polar surface area (TPSA) is 96.2 Å². The van der Waals surface area contributed by atoms with Gasteiger partial charge in [-0.25, -0.2) is 4.79 Å². The largest absolute Gasteiger partial charge is 0.483 e. The minimum absolute atomic E-state index is 0.0108. The molecule has 0 aromatic rings. The van der Waals surface area contributed by atoms with Gasteiger partial charge < -0.3 is 24.8 Å². The van der Waals surface area contributed by atoms with Gasteiger partial charge in [0.1, 0.15) is 23.9 Å². The third-order valence-corrected chi connectivity index (χ3v) is 4.51. The number of hydrogen-bond acceptors (Lipinski definition) is 6. The summed E-state index contributed by atoms with van der Waals surface area (Å²) in [5.74, 6) is -0.281. The second-order valence-electron chi connectivity index (χ2n) is 6.76. The average Bonchev–Trinajstić information content (AvgIpc) is 2.75. The first-order valence-corrected chi connectivity index (χ1v) is 8.04. The van der Waals surface area contributed by atoms with E-state index in [0.29, 0.717) is 12.8 Å². The Morgan fingerprint density at radius 1 is 1.35 bits per heavy atom. The number of cyclic esters (lactones) is 1. The lowest BCUT2D eigenvalue weighted by atomic mass is 9.89. The van der Waals surface area contributed by atoms with Gasteiger partial charge in [0.25, 0.3) is 0 Å². The number of rotatable bonds is 5. The molecule has 2 aliphatic heterocycles. The van der Waals surface area contributed by atoms with Gasteiger partial charge in [0.2, 0.25) is 0 Å². The first-order valence-electron chi connectivity index (χ1n) is 8.04. The Labute approximate surface area is 136 Å². The van der Waals surface area contributed by atoms with Crippen LogP contribution in [0.1, 0.15) is 40.5 Å². The Morgan fingerprint density at radius 3 is 2.61 bits per heavy atom. The van der Waals surface area contributed by atoms with Gasteiger partial charge in [0.15, 0.2) is 11.9 Å². The normalized spacial score (nSPS) is 34.8. The van der Waals surface area contributed by atoms with Gasteiger partial charge in [-0.1, -0.05) is 19.9 Å². The van der Waals surface area contributed by atoms with Crippen LogP contribution in [0.4, 0.5) is 0 Å². The quantitative estimate of drug-likeness (QED) is 0.516. The van der Waals surface area contributed by atoms with Gasteiger partial charge in [-0.15, -0.1) is 0 Å². The first kappa shape index (κ1) is 18.0. The minimum Gasteiger partial charge on any atom is -0.483 e. The molecular weight excluding hydrogens is 300 g/mol. The van der Waals surface area contributed by atoms with Gasteiger partial charge in [-0.2, -0.15) is 0 Å². The van der Waals surface area contributed by atoms with E-state index < -0.39 is 36.0 Å². The Morgan fingerprint density at radius 2 is 2.00 bits per heavy atom. The van der Waals surface area contributed by atoms with E-state index in [9.17, 15) is 20.1 Å². The number of hydrogen-bond donors (Lipinski definition) is 3. The zero-order chi connectivity index (χ0) is 17.4. The third-order valence-electron chi connectivity index (χ3n) is 4.51. The van der Waals surface area contributed by atoms with E-state index in [1.54, 1.807) is 19.9 Å². The lowest BCUT2D eigenvalue weighted by Crippen LogP contribution is -2.44. The molecule has 0 aromatic heterocycles. The summed E-state index contributed by atoms with van der Waals surface area (Å²) in [4.78, 5) is 11.7. The number of aliphatic hydroxyl groups excluding tert-OH is 2. The number of ether oxygens (including phenoxy) is 2. The van der Waals surface area contributed by atoms with Crippen LogP contribution in [0.5, 0.6) is 0 Å². The first-order chi connectivity index (χ1) is 10.7. The van der Waals surface area contributed by atoms with Crippen molar-refractivity contribution in [3.8, 4) is 0 Å². The van der Waals surface area contributed by atoms with E-state index in [1.165, 1.54) is 0 Å². The van der Waals surface area contributed by atoms with Crippen molar-refractivity contribution in [3.05, 3.63) is 23.5 Å². The Hall–Kier alpha value is -1.37. The highest BCUT2D eigenvalue weighted by Gasteiger charge is 2.46. The molecule has 0 aliphatic carbocycles. The summed E-state index contributed by atoms with van der Waals surface area (Å²) >= 11 is 0. The van der Waals surface area contributed by atoms with Crippen molar-refractivity contribution < 1.29 is 29.6 Å². The van der Waals surface area contributed by atoms with Gasteiger partial charge >= 0.3 is 5.97 Å². The van der Waals surface area contributed by atoms with Gasteiger partial charge in [0, 0.05) is 0 Å². The third kappa shape index (κ3) is 3.76. The van der Waals surface area contributed by atoms with Crippen LogP contribution in [0, 0.1) is 5.92 Å². The minimum atomic E-state index is -1.32. The summed E-state index contributed by atoms with van der Waals surface area (Å²) in [5, 5.41) is 30.4. The maximum Gasteiger partial charge on any atom is 0.341 e. The Bertz CT molecular complexity index is 521. The predicted octanol–water partition coefficient (Wildman–Crippen LogP) is 1.05. The van der Waals surface area contributed by atoms with E-state index in [1.807, 2.05) is 19.9 Å². The van der Waals surface area contributed by atoms with Crippen molar-refractivity contribution in [1.29, 1.82) is 0 Å². The highest BCUT2D eigenvalue weighted by Crippen LogP contribution is 2.34. The smallest absolute Gasteiger partial charge is 0.341 e. The molecule has 0 aromatic carbocycles. The van der Waals surface area contributed by atoms with Crippen molar-refractivity contribution >= 4 is 5.97 Å². The second kappa shape index (κ2) is 6.63. The summed E-state index contributed by atoms with van der Waals surface area (Å²) < 4.78 is 10.7. The van der Waals surface area contributed by atoms with Crippen LogP contribution >= 0.6 is 0 Å². The van der Waals surface area contributed by atoms with Gasteiger partial charge in [-0.05, 0) is 38.7 Å². The molecular formula is C17H26O6. The summed E-state index contributed by atoms with van der Waals surface area (Å²) in [6.07, 6.45) is 0.879. The maximum absolute atomic E-state index is 11.7. The molecule has 2 heterocycles. The monoisotopic (exact) mass is 326 g/mol. The lowest BCUT2D eigenvalue weighted by Gasteiger charge is -2.31. The molecule has 23 heavy (non-hydrogen) atoms. The van der Waals surface area contributed by atoms with Crippen molar-refractivity contribution in [2.24, 2.45) is 5.92 Å². The Kier molecular flexibility index (Phi) is 5.18. The van der Waals surface area contributed by atoms with Crippen LogP contribution in [0.25, 0.3) is 0 Å². The molecule has 6 atom stereocenters. The second-order valence-corrected chi connectivity index (χ2v) is 6.76. The molecule has 0 bridgehead atoms. The van der Waals surface area contributed by atoms with Crippen molar-refractivity contribution in [2.45, 2.75) is 70.6 Å². The van der Waals surface area contributed by atoms with Crippen molar-refractivity contribution in [3.63, 3.8) is 0 Å². The number of esters is 1. The van der Waals surface area contributed by atoms with Crippen LogP contribution in [-0.4, -0.2) is 51.3 Å².